The Kier molecular flexibility index (Phi) is 4.44. The van der Waals surface area contributed by atoms with Crippen molar-refractivity contribution in [1.29, 1.82) is 0 Å². The molecular formula is C10H17N3O4S. The number of nitrogens with zero attached hydrogens (tertiary/aromatic N) is 1. The van der Waals surface area contributed by atoms with Gasteiger partial charge in [-0.1, -0.05) is 0 Å². The topological polar surface area (TPSA) is 113 Å². The van der Waals surface area contributed by atoms with Gasteiger partial charge in [-0.3, -0.25) is 4.79 Å². The van der Waals surface area contributed by atoms with Crippen molar-refractivity contribution in [3.63, 3.8) is 0 Å². The highest BCUT2D eigenvalue weighted by Gasteiger charge is 2.36. The van der Waals surface area contributed by atoms with Crippen molar-refractivity contribution in [2.75, 3.05) is 11.6 Å². The van der Waals surface area contributed by atoms with Crippen LogP contribution in [-0.2, 0) is 9.59 Å². The van der Waals surface area contributed by atoms with E-state index < -0.39 is 29.5 Å². The first-order valence-electron chi connectivity index (χ1n) is 5.40. The van der Waals surface area contributed by atoms with Crippen LogP contribution in [0.1, 0.15) is 20.3 Å². The van der Waals surface area contributed by atoms with Crippen molar-refractivity contribution in [2.45, 2.75) is 31.8 Å². The highest BCUT2D eigenvalue weighted by atomic mass is 32.2. The number of hydrogen-bond acceptors (Lipinski definition) is 4. The Bertz CT molecular complexity index is 372. The van der Waals surface area contributed by atoms with Gasteiger partial charge in [-0.15, -0.1) is 11.8 Å². The van der Waals surface area contributed by atoms with E-state index in [-0.39, 0.29) is 6.42 Å². The van der Waals surface area contributed by atoms with Gasteiger partial charge in [0.25, 0.3) is 0 Å². The molecule has 1 aliphatic rings. The number of carboxylic acid groups (broad SMARTS) is 1. The van der Waals surface area contributed by atoms with Gasteiger partial charge in [0.2, 0.25) is 5.91 Å². The number of rotatable bonds is 4. The van der Waals surface area contributed by atoms with Crippen LogP contribution in [0.25, 0.3) is 0 Å². The predicted molar refractivity (Wildman–Crippen MR) is 67.0 cm³/mol. The number of hydrogen-bond donors (Lipinski definition) is 3. The van der Waals surface area contributed by atoms with E-state index in [0.717, 1.165) is 0 Å². The Hall–Kier alpha value is -1.44. The van der Waals surface area contributed by atoms with Crippen LogP contribution in [0, 0.1) is 0 Å². The van der Waals surface area contributed by atoms with Gasteiger partial charge in [0, 0.05) is 17.7 Å². The molecule has 0 aromatic rings. The summed E-state index contributed by atoms with van der Waals surface area (Å²) in [6.07, 6.45) is -0.00252. The molecule has 1 aliphatic heterocycles. The van der Waals surface area contributed by atoms with E-state index in [2.05, 4.69) is 5.32 Å². The number of nitrogens with one attached hydrogen (secondary N) is 1. The second-order valence-corrected chi connectivity index (χ2v) is 5.78. The van der Waals surface area contributed by atoms with Crippen molar-refractivity contribution < 1.29 is 19.5 Å². The number of nitrogens with two attached hydrogens (primary N) is 1. The maximum Gasteiger partial charge on any atom is 0.327 e. The Morgan fingerprint density at radius 2 is 2.11 bits per heavy atom. The van der Waals surface area contributed by atoms with E-state index in [1.54, 1.807) is 13.8 Å². The Balaban J connectivity index is 2.65. The average molecular weight is 275 g/mol. The second kappa shape index (κ2) is 5.47. The van der Waals surface area contributed by atoms with Crippen LogP contribution >= 0.6 is 11.8 Å². The summed E-state index contributed by atoms with van der Waals surface area (Å²) < 4.78 is 0. The lowest BCUT2D eigenvalue weighted by Gasteiger charge is -2.29. The standard InChI is InChI=1S/C10H17N3O4S/c1-10(2,3-7(11)14)12-9(17)13-5-18-4-6(13)8(15)16/h6H,3-5H2,1-2H3,(H2,11,14)(H,12,17)(H,15,16)/t6-/m0/s1. The lowest BCUT2D eigenvalue weighted by molar-refractivity contribution is -0.140. The molecule has 0 aromatic carbocycles. The van der Waals surface area contributed by atoms with Crippen LogP contribution in [0.2, 0.25) is 0 Å². The van der Waals surface area contributed by atoms with Crippen molar-refractivity contribution in [3.8, 4) is 0 Å². The molecule has 0 aromatic heterocycles. The lowest BCUT2D eigenvalue weighted by atomic mass is 10.0. The third-order valence-corrected chi connectivity index (χ3v) is 3.50. The first kappa shape index (κ1) is 14.6. The molecule has 0 bridgehead atoms. The van der Waals surface area contributed by atoms with Crippen LogP contribution < -0.4 is 11.1 Å². The zero-order valence-corrected chi connectivity index (χ0v) is 11.1. The molecule has 0 saturated carbocycles. The molecule has 8 heteroatoms. The number of carbonyl (C=O) groups is 3. The molecule has 1 rings (SSSR count). The molecule has 0 spiro atoms. The zero-order valence-electron chi connectivity index (χ0n) is 10.3. The highest BCUT2D eigenvalue weighted by molar-refractivity contribution is 7.99. The fourth-order valence-electron chi connectivity index (χ4n) is 1.69. The van der Waals surface area contributed by atoms with Crippen LogP contribution in [0.5, 0.6) is 0 Å². The van der Waals surface area contributed by atoms with E-state index in [1.807, 2.05) is 0 Å². The van der Waals surface area contributed by atoms with Gasteiger partial charge in [0.1, 0.15) is 6.04 Å². The number of carboxylic acids is 1. The first-order valence-corrected chi connectivity index (χ1v) is 6.56. The maximum atomic E-state index is 11.9. The molecule has 1 atom stereocenters. The lowest BCUT2D eigenvalue weighted by Crippen LogP contribution is -2.54. The van der Waals surface area contributed by atoms with Crippen LogP contribution in [-0.4, -0.2) is 51.1 Å². The van der Waals surface area contributed by atoms with E-state index in [1.165, 1.54) is 16.7 Å². The molecule has 18 heavy (non-hydrogen) atoms. The SMILES string of the molecule is CC(C)(CC(N)=O)NC(=O)N1CSC[C@H]1C(=O)O. The van der Waals surface area contributed by atoms with Crippen LogP contribution in [0.15, 0.2) is 0 Å². The normalized spacial score (nSPS) is 19.7. The summed E-state index contributed by atoms with van der Waals surface area (Å²) in [5, 5.41) is 11.6. The number of primary amides is 1. The summed E-state index contributed by atoms with van der Waals surface area (Å²) in [6.45, 7) is 3.32. The summed E-state index contributed by atoms with van der Waals surface area (Å²) in [6, 6.07) is -1.31. The van der Waals surface area contributed by atoms with Crippen molar-refractivity contribution in [2.24, 2.45) is 5.73 Å². The smallest absolute Gasteiger partial charge is 0.327 e. The molecule has 1 saturated heterocycles. The van der Waals surface area contributed by atoms with E-state index in [9.17, 15) is 14.4 Å². The molecule has 1 fully saturated rings. The van der Waals surface area contributed by atoms with Gasteiger partial charge < -0.3 is 21.1 Å². The summed E-state index contributed by atoms with van der Waals surface area (Å²) >= 11 is 1.38. The molecule has 7 nitrogen and oxygen atoms in total. The predicted octanol–water partition coefficient (Wildman–Crippen LogP) is -0.190. The summed E-state index contributed by atoms with van der Waals surface area (Å²) in [5.74, 6) is -0.845. The fourth-order valence-corrected chi connectivity index (χ4v) is 2.83. The third-order valence-electron chi connectivity index (χ3n) is 2.49. The van der Waals surface area contributed by atoms with Gasteiger partial charge >= 0.3 is 12.0 Å². The minimum atomic E-state index is -1.03. The van der Waals surface area contributed by atoms with Crippen molar-refractivity contribution >= 4 is 29.7 Å². The number of amides is 3. The van der Waals surface area contributed by atoms with Gasteiger partial charge in [0.15, 0.2) is 0 Å². The fraction of sp³-hybridized carbons (Fsp3) is 0.700. The number of thioether (sulfide) groups is 1. The highest BCUT2D eigenvalue weighted by Crippen LogP contribution is 2.22. The monoisotopic (exact) mass is 275 g/mol. The average Bonchev–Trinajstić information content (AvgIpc) is 2.61. The van der Waals surface area contributed by atoms with Crippen molar-refractivity contribution in [1.82, 2.24) is 10.2 Å². The van der Waals surface area contributed by atoms with Gasteiger partial charge in [0.05, 0.1) is 5.88 Å². The largest absolute Gasteiger partial charge is 0.480 e. The summed E-state index contributed by atoms with van der Waals surface area (Å²) in [4.78, 5) is 35.0. The molecule has 3 amide bonds. The van der Waals surface area contributed by atoms with Gasteiger partial charge in [-0.2, -0.15) is 0 Å². The second-order valence-electron chi connectivity index (χ2n) is 4.78. The number of carbonyl (C=O) groups excluding carboxylic acids is 2. The molecule has 4 N–H and O–H groups in total. The van der Waals surface area contributed by atoms with Crippen LogP contribution in [0.4, 0.5) is 4.79 Å². The minimum absolute atomic E-state index is 0.00252. The molecular weight excluding hydrogens is 258 g/mol. The van der Waals surface area contributed by atoms with E-state index in [0.29, 0.717) is 11.6 Å². The molecule has 0 aliphatic carbocycles. The minimum Gasteiger partial charge on any atom is -0.480 e. The Labute approximate surface area is 109 Å². The summed E-state index contributed by atoms with van der Waals surface area (Å²) in [5.41, 5.74) is 4.29. The quantitative estimate of drug-likeness (QED) is 0.658. The Morgan fingerprint density at radius 1 is 1.50 bits per heavy atom. The van der Waals surface area contributed by atoms with E-state index in [4.69, 9.17) is 10.8 Å². The Morgan fingerprint density at radius 3 is 2.61 bits per heavy atom. The first-order chi connectivity index (χ1) is 8.23. The summed E-state index contributed by atoms with van der Waals surface area (Å²) in [7, 11) is 0. The van der Waals surface area contributed by atoms with Crippen molar-refractivity contribution in [3.05, 3.63) is 0 Å². The van der Waals surface area contributed by atoms with Crippen LogP contribution in [0.3, 0.4) is 0 Å². The van der Waals surface area contributed by atoms with Gasteiger partial charge in [-0.25, -0.2) is 9.59 Å². The third kappa shape index (κ3) is 3.80. The molecule has 0 radical (unpaired) electrons. The van der Waals surface area contributed by atoms with Gasteiger partial charge in [-0.05, 0) is 13.8 Å². The van der Waals surface area contributed by atoms with E-state index >= 15 is 0 Å². The molecule has 102 valence electrons. The zero-order chi connectivity index (χ0) is 13.9. The number of urea groups is 1. The molecule has 0 unspecified atom stereocenters. The maximum absolute atomic E-state index is 11.9. The molecule has 1 heterocycles. The number of aliphatic carboxylic acids is 1.